The first-order valence-electron chi connectivity index (χ1n) is 9.95. The summed E-state index contributed by atoms with van der Waals surface area (Å²) in [7, 11) is 0. The Morgan fingerprint density at radius 3 is 2.36 bits per heavy atom. The Morgan fingerprint density at radius 2 is 1.73 bits per heavy atom. The number of rotatable bonds is 9. The van der Waals surface area contributed by atoms with Crippen molar-refractivity contribution in [1.82, 2.24) is 5.43 Å². The van der Waals surface area contributed by atoms with E-state index in [1.54, 1.807) is 18.3 Å². The molecule has 0 saturated heterocycles. The van der Waals surface area contributed by atoms with Gasteiger partial charge in [-0.05, 0) is 86.3 Å². The summed E-state index contributed by atoms with van der Waals surface area (Å²) in [6.45, 7) is 2.81. The molecule has 3 aromatic carbocycles. The number of ether oxygens (including phenoxy) is 2. The zero-order valence-electron chi connectivity index (χ0n) is 17.6. The zero-order valence-corrected chi connectivity index (χ0v) is 22.3. The maximum atomic E-state index is 12.2. The first kappa shape index (κ1) is 25.6. The van der Waals surface area contributed by atoms with Crippen molar-refractivity contribution < 1.29 is 14.3 Å². The second-order valence-electron chi connectivity index (χ2n) is 6.88. The molecule has 0 bridgehead atoms. The molecule has 0 fully saturated rings. The van der Waals surface area contributed by atoms with E-state index >= 15 is 0 Å². The number of benzene rings is 3. The van der Waals surface area contributed by atoms with E-state index < -0.39 is 0 Å². The first-order valence-corrected chi connectivity index (χ1v) is 12.3. The van der Waals surface area contributed by atoms with Gasteiger partial charge in [-0.25, -0.2) is 5.43 Å². The SMILES string of the molecule is CCOc1ccc(CC(=O)N/N=C/c2cc(Br)c(OCc3ccc(Cl)cc3Cl)c(Br)c2)cc1. The molecule has 0 unspecified atom stereocenters. The van der Waals surface area contributed by atoms with Crippen LogP contribution in [-0.2, 0) is 17.8 Å². The summed E-state index contributed by atoms with van der Waals surface area (Å²) >= 11 is 19.2. The molecule has 0 aromatic heterocycles. The van der Waals surface area contributed by atoms with Crippen LogP contribution in [0.15, 0.2) is 68.6 Å². The van der Waals surface area contributed by atoms with Crippen LogP contribution in [0.25, 0.3) is 0 Å². The molecule has 0 radical (unpaired) electrons. The molecule has 172 valence electrons. The van der Waals surface area contributed by atoms with Gasteiger partial charge in [-0.2, -0.15) is 5.10 Å². The van der Waals surface area contributed by atoms with E-state index in [2.05, 4.69) is 42.4 Å². The number of carbonyl (C=O) groups is 1. The molecule has 3 aromatic rings. The van der Waals surface area contributed by atoms with E-state index in [-0.39, 0.29) is 18.9 Å². The molecule has 9 heteroatoms. The van der Waals surface area contributed by atoms with E-state index in [1.165, 1.54) is 0 Å². The van der Waals surface area contributed by atoms with Gasteiger partial charge in [0.25, 0.3) is 0 Å². The fourth-order valence-electron chi connectivity index (χ4n) is 2.85. The van der Waals surface area contributed by atoms with Crippen molar-refractivity contribution in [3.05, 3.63) is 90.3 Å². The third kappa shape index (κ3) is 7.74. The zero-order chi connectivity index (χ0) is 23.8. The van der Waals surface area contributed by atoms with Crippen molar-refractivity contribution in [2.75, 3.05) is 6.61 Å². The summed E-state index contributed by atoms with van der Waals surface area (Å²) in [5.41, 5.74) is 5.01. The van der Waals surface area contributed by atoms with Crippen molar-refractivity contribution >= 4 is 67.2 Å². The van der Waals surface area contributed by atoms with Gasteiger partial charge >= 0.3 is 0 Å². The predicted molar refractivity (Wildman–Crippen MR) is 140 cm³/mol. The molecule has 0 saturated carbocycles. The number of hydrogen-bond acceptors (Lipinski definition) is 4. The van der Waals surface area contributed by atoms with Crippen LogP contribution < -0.4 is 14.9 Å². The lowest BCUT2D eigenvalue weighted by molar-refractivity contribution is -0.120. The third-order valence-corrected chi connectivity index (χ3v) is 6.17. The van der Waals surface area contributed by atoms with Gasteiger partial charge in [-0.1, -0.05) is 41.4 Å². The minimum atomic E-state index is -0.215. The lowest BCUT2D eigenvalue weighted by Gasteiger charge is -2.12. The molecule has 0 spiro atoms. The average molecular weight is 615 g/mol. The Balaban J connectivity index is 1.57. The van der Waals surface area contributed by atoms with E-state index in [0.717, 1.165) is 31.4 Å². The molecule has 1 N–H and O–H groups in total. The normalized spacial score (nSPS) is 10.9. The highest BCUT2D eigenvalue weighted by Crippen LogP contribution is 2.35. The second-order valence-corrected chi connectivity index (χ2v) is 9.44. The van der Waals surface area contributed by atoms with Crippen LogP contribution in [0.2, 0.25) is 10.0 Å². The largest absolute Gasteiger partial charge is 0.494 e. The number of halogens is 4. The maximum Gasteiger partial charge on any atom is 0.244 e. The van der Waals surface area contributed by atoms with Crippen LogP contribution in [0.5, 0.6) is 11.5 Å². The van der Waals surface area contributed by atoms with Gasteiger partial charge in [0.05, 0.1) is 28.2 Å². The first-order chi connectivity index (χ1) is 15.9. The van der Waals surface area contributed by atoms with Gasteiger partial charge in [0.15, 0.2) is 0 Å². The number of amides is 1. The Bertz CT molecular complexity index is 1130. The van der Waals surface area contributed by atoms with Gasteiger partial charge in [0.2, 0.25) is 5.91 Å². The van der Waals surface area contributed by atoms with Gasteiger partial charge in [0, 0.05) is 15.6 Å². The van der Waals surface area contributed by atoms with Crippen LogP contribution in [-0.4, -0.2) is 18.7 Å². The van der Waals surface area contributed by atoms with Crippen LogP contribution in [0.3, 0.4) is 0 Å². The molecule has 3 rings (SSSR count). The second kappa shape index (κ2) is 12.4. The highest BCUT2D eigenvalue weighted by molar-refractivity contribution is 9.11. The summed E-state index contributed by atoms with van der Waals surface area (Å²) in [6, 6.07) is 16.3. The number of hydrogen-bond donors (Lipinski definition) is 1. The Hall–Kier alpha value is -2.06. The minimum absolute atomic E-state index is 0.215. The molecule has 5 nitrogen and oxygen atoms in total. The smallest absolute Gasteiger partial charge is 0.244 e. The van der Waals surface area contributed by atoms with Crippen LogP contribution >= 0.6 is 55.1 Å². The Morgan fingerprint density at radius 1 is 1.03 bits per heavy atom. The quantitative estimate of drug-likeness (QED) is 0.205. The lowest BCUT2D eigenvalue weighted by atomic mass is 10.1. The molecule has 0 aliphatic carbocycles. The summed E-state index contributed by atoms with van der Waals surface area (Å²) in [4.78, 5) is 12.2. The number of nitrogens with zero attached hydrogens (tertiary/aromatic N) is 1. The van der Waals surface area contributed by atoms with Gasteiger partial charge in [-0.3, -0.25) is 4.79 Å². The molecular formula is C24H20Br2Cl2N2O3. The van der Waals surface area contributed by atoms with Gasteiger partial charge in [-0.15, -0.1) is 0 Å². The van der Waals surface area contributed by atoms with Crippen LogP contribution in [0.4, 0.5) is 0 Å². The summed E-state index contributed by atoms with van der Waals surface area (Å²) in [5.74, 6) is 1.19. The monoisotopic (exact) mass is 612 g/mol. The average Bonchev–Trinajstić information content (AvgIpc) is 2.76. The summed E-state index contributed by atoms with van der Waals surface area (Å²) < 4.78 is 12.8. The van der Waals surface area contributed by atoms with Crippen molar-refractivity contribution in [2.45, 2.75) is 20.0 Å². The highest BCUT2D eigenvalue weighted by atomic mass is 79.9. The summed E-state index contributed by atoms with van der Waals surface area (Å²) in [6.07, 6.45) is 1.78. The summed E-state index contributed by atoms with van der Waals surface area (Å²) in [5, 5.41) is 5.16. The van der Waals surface area contributed by atoms with Crippen molar-refractivity contribution in [3.63, 3.8) is 0 Å². The van der Waals surface area contributed by atoms with E-state index in [4.69, 9.17) is 32.7 Å². The third-order valence-electron chi connectivity index (χ3n) is 4.41. The van der Waals surface area contributed by atoms with Crippen molar-refractivity contribution in [3.8, 4) is 11.5 Å². The van der Waals surface area contributed by atoms with Crippen LogP contribution in [0.1, 0.15) is 23.6 Å². The number of hydrazone groups is 1. The van der Waals surface area contributed by atoms with Crippen LogP contribution in [0, 0.1) is 0 Å². The number of nitrogens with one attached hydrogen (secondary N) is 1. The molecular weight excluding hydrogens is 595 g/mol. The molecule has 0 aliphatic heterocycles. The topological polar surface area (TPSA) is 59.9 Å². The fourth-order valence-corrected chi connectivity index (χ4v) is 4.77. The molecule has 0 aliphatic rings. The van der Waals surface area contributed by atoms with Gasteiger partial charge < -0.3 is 9.47 Å². The minimum Gasteiger partial charge on any atom is -0.494 e. The molecule has 0 heterocycles. The maximum absolute atomic E-state index is 12.2. The number of carbonyl (C=O) groups excluding carboxylic acids is 1. The Labute approximate surface area is 219 Å². The lowest BCUT2D eigenvalue weighted by Crippen LogP contribution is -2.19. The van der Waals surface area contributed by atoms with Gasteiger partial charge in [0.1, 0.15) is 18.1 Å². The fraction of sp³-hybridized carbons (Fsp3) is 0.167. The van der Waals surface area contributed by atoms with E-state index in [9.17, 15) is 4.79 Å². The molecule has 33 heavy (non-hydrogen) atoms. The highest BCUT2D eigenvalue weighted by Gasteiger charge is 2.11. The van der Waals surface area contributed by atoms with Crippen molar-refractivity contribution in [1.29, 1.82) is 0 Å². The van der Waals surface area contributed by atoms with E-state index in [0.29, 0.717) is 22.4 Å². The Kier molecular flexibility index (Phi) is 9.62. The standard InChI is InChI=1S/C24H20Br2Cl2N2O3/c1-2-32-19-7-3-15(4-8-19)11-23(31)30-29-13-16-9-20(25)24(21(26)10-16)33-14-17-5-6-18(27)12-22(17)28/h3-10,12-13H,2,11,14H2,1H3,(H,30,31)/b29-13+. The molecule has 1 amide bonds. The van der Waals surface area contributed by atoms with E-state index in [1.807, 2.05) is 49.4 Å². The predicted octanol–water partition coefficient (Wildman–Crippen LogP) is 7.19. The van der Waals surface area contributed by atoms with Crippen molar-refractivity contribution in [2.24, 2.45) is 5.10 Å². The molecule has 0 atom stereocenters.